The first kappa shape index (κ1) is 20.2. The van der Waals surface area contributed by atoms with E-state index in [1.165, 1.54) is 23.5 Å². The van der Waals surface area contributed by atoms with Crippen LogP contribution in [0.1, 0.15) is 15.2 Å². The molecule has 1 saturated heterocycles. The minimum atomic E-state index is -4.65. The van der Waals surface area contributed by atoms with Crippen molar-refractivity contribution < 1.29 is 22.0 Å². The van der Waals surface area contributed by atoms with Crippen molar-refractivity contribution in [3.63, 3.8) is 0 Å². The van der Waals surface area contributed by atoms with Crippen LogP contribution in [-0.4, -0.2) is 56.1 Å². The SMILES string of the molecule is O=C(c1ccc(S(=O)(=O)C(F)F)cc1)N1CCN(Cc2ccc(Cl)s2)CC1. The standard InChI is InChI=1S/C17H17ClF2N2O3S2/c18-15-6-3-13(26-15)11-21-7-9-22(10-8-21)16(23)12-1-4-14(5-2-12)27(24,25)17(19)20/h1-6,17H,7-11H2. The molecule has 0 bridgehead atoms. The van der Waals surface area contributed by atoms with Gasteiger partial charge in [0, 0.05) is 43.2 Å². The average molecular weight is 435 g/mol. The fraction of sp³-hybridized carbons (Fsp3) is 0.353. The Labute approximate surface area is 165 Å². The third-order valence-corrected chi connectivity index (χ3v) is 6.95. The lowest BCUT2D eigenvalue weighted by Gasteiger charge is -2.34. The Morgan fingerprint density at radius 3 is 2.22 bits per heavy atom. The number of rotatable bonds is 5. The maximum atomic E-state index is 12.6. The van der Waals surface area contributed by atoms with Gasteiger partial charge in [0.05, 0.1) is 9.23 Å². The van der Waals surface area contributed by atoms with Gasteiger partial charge < -0.3 is 4.90 Å². The minimum Gasteiger partial charge on any atom is -0.336 e. The van der Waals surface area contributed by atoms with Crippen LogP contribution in [0.5, 0.6) is 0 Å². The topological polar surface area (TPSA) is 57.7 Å². The van der Waals surface area contributed by atoms with Crippen molar-refractivity contribution in [1.29, 1.82) is 0 Å². The summed E-state index contributed by atoms with van der Waals surface area (Å²) in [5.41, 5.74) is 0.279. The van der Waals surface area contributed by atoms with Gasteiger partial charge in [0.15, 0.2) is 0 Å². The van der Waals surface area contributed by atoms with E-state index >= 15 is 0 Å². The number of thiophene rings is 1. The van der Waals surface area contributed by atoms with E-state index in [-0.39, 0.29) is 11.5 Å². The van der Waals surface area contributed by atoms with Crippen molar-refractivity contribution in [3.8, 4) is 0 Å². The number of hydrogen-bond donors (Lipinski definition) is 0. The molecule has 0 spiro atoms. The fourth-order valence-electron chi connectivity index (χ4n) is 2.84. The summed E-state index contributed by atoms with van der Waals surface area (Å²) in [6, 6.07) is 8.49. The van der Waals surface area contributed by atoms with E-state index in [0.29, 0.717) is 26.2 Å². The summed E-state index contributed by atoms with van der Waals surface area (Å²) in [6.45, 7) is 3.27. The van der Waals surface area contributed by atoms with Crippen LogP contribution in [0, 0.1) is 0 Å². The van der Waals surface area contributed by atoms with E-state index in [9.17, 15) is 22.0 Å². The molecule has 0 aliphatic carbocycles. The van der Waals surface area contributed by atoms with E-state index in [1.54, 1.807) is 4.90 Å². The summed E-state index contributed by atoms with van der Waals surface area (Å²) < 4.78 is 48.8. The van der Waals surface area contributed by atoms with Crippen LogP contribution in [0.4, 0.5) is 8.78 Å². The molecule has 10 heteroatoms. The number of amides is 1. The third kappa shape index (κ3) is 4.66. The molecule has 1 aliphatic rings. The molecule has 2 heterocycles. The number of sulfone groups is 1. The predicted molar refractivity (Wildman–Crippen MR) is 100 cm³/mol. The molecule has 1 aliphatic heterocycles. The highest BCUT2D eigenvalue weighted by atomic mass is 35.5. The Morgan fingerprint density at radius 2 is 1.70 bits per heavy atom. The lowest BCUT2D eigenvalue weighted by atomic mass is 10.2. The van der Waals surface area contributed by atoms with Crippen LogP contribution in [0.15, 0.2) is 41.3 Å². The molecule has 1 aromatic heterocycles. The summed E-state index contributed by atoms with van der Waals surface area (Å²) >= 11 is 7.47. The van der Waals surface area contributed by atoms with Gasteiger partial charge in [0.25, 0.3) is 5.91 Å². The second-order valence-corrected chi connectivity index (χ2v) is 9.82. The molecule has 0 unspecified atom stereocenters. The van der Waals surface area contributed by atoms with Crippen molar-refractivity contribution in [2.24, 2.45) is 0 Å². The second kappa shape index (κ2) is 8.22. The highest BCUT2D eigenvalue weighted by Crippen LogP contribution is 2.23. The fourth-order valence-corrected chi connectivity index (χ4v) is 4.69. The first-order valence-corrected chi connectivity index (χ1v) is 10.9. The Hall–Kier alpha value is -1.55. The van der Waals surface area contributed by atoms with Gasteiger partial charge in [0.2, 0.25) is 9.84 Å². The Balaban J connectivity index is 1.59. The molecule has 0 atom stereocenters. The van der Waals surface area contributed by atoms with Crippen LogP contribution in [0.2, 0.25) is 4.34 Å². The first-order chi connectivity index (χ1) is 12.8. The molecule has 3 rings (SSSR count). The van der Waals surface area contributed by atoms with Crippen molar-refractivity contribution in [1.82, 2.24) is 9.80 Å². The molecule has 0 N–H and O–H groups in total. The molecule has 0 saturated carbocycles. The molecule has 146 valence electrons. The van der Waals surface area contributed by atoms with Crippen molar-refractivity contribution in [3.05, 3.63) is 51.2 Å². The number of carbonyl (C=O) groups excluding carboxylic acids is 1. The molecule has 5 nitrogen and oxygen atoms in total. The summed E-state index contributed by atoms with van der Waals surface area (Å²) in [4.78, 5) is 17.1. The summed E-state index contributed by atoms with van der Waals surface area (Å²) in [5.74, 6) is -3.72. The molecular formula is C17H17ClF2N2O3S2. The number of piperazine rings is 1. The van der Waals surface area contributed by atoms with E-state index in [1.807, 2.05) is 12.1 Å². The number of hydrogen-bond acceptors (Lipinski definition) is 5. The largest absolute Gasteiger partial charge is 0.341 e. The van der Waals surface area contributed by atoms with Crippen LogP contribution < -0.4 is 0 Å². The van der Waals surface area contributed by atoms with Crippen molar-refractivity contribution in [2.45, 2.75) is 17.2 Å². The van der Waals surface area contributed by atoms with E-state index < -0.39 is 20.5 Å². The quantitative estimate of drug-likeness (QED) is 0.724. The van der Waals surface area contributed by atoms with Gasteiger partial charge in [-0.3, -0.25) is 9.69 Å². The Morgan fingerprint density at radius 1 is 1.07 bits per heavy atom. The van der Waals surface area contributed by atoms with Crippen LogP contribution in [-0.2, 0) is 16.4 Å². The van der Waals surface area contributed by atoms with Crippen molar-refractivity contribution in [2.75, 3.05) is 26.2 Å². The van der Waals surface area contributed by atoms with E-state index in [0.717, 1.165) is 27.9 Å². The van der Waals surface area contributed by atoms with E-state index in [4.69, 9.17) is 11.6 Å². The highest BCUT2D eigenvalue weighted by Gasteiger charge is 2.27. The molecular weight excluding hydrogens is 418 g/mol. The monoisotopic (exact) mass is 434 g/mol. The maximum Gasteiger partial charge on any atom is 0.341 e. The predicted octanol–water partition coefficient (Wildman–Crippen LogP) is 3.36. The van der Waals surface area contributed by atoms with Gasteiger partial charge in [-0.25, -0.2) is 8.42 Å². The van der Waals surface area contributed by atoms with Gasteiger partial charge >= 0.3 is 5.76 Å². The Bertz CT molecular complexity index is 909. The molecule has 2 aromatic rings. The summed E-state index contributed by atoms with van der Waals surface area (Å²) in [7, 11) is -4.65. The van der Waals surface area contributed by atoms with Crippen molar-refractivity contribution >= 4 is 38.7 Å². The van der Waals surface area contributed by atoms with Crippen LogP contribution in [0.25, 0.3) is 0 Å². The van der Waals surface area contributed by atoms with E-state index in [2.05, 4.69) is 4.90 Å². The van der Waals surface area contributed by atoms with Crippen LogP contribution in [0.3, 0.4) is 0 Å². The number of halogens is 3. The van der Waals surface area contributed by atoms with Gasteiger partial charge in [-0.15, -0.1) is 11.3 Å². The number of nitrogens with zero attached hydrogens (tertiary/aromatic N) is 2. The highest BCUT2D eigenvalue weighted by molar-refractivity contribution is 7.91. The molecule has 1 aromatic carbocycles. The molecule has 27 heavy (non-hydrogen) atoms. The van der Waals surface area contributed by atoms with Crippen LogP contribution >= 0.6 is 22.9 Å². The second-order valence-electron chi connectivity index (χ2n) is 6.10. The lowest BCUT2D eigenvalue weighted by Crippen LogP contribution is -2.48. The normalized spacial score (nSPS) is 16.1. The molecule has 1 fully saturated rings. The molecule has 0 radical (unpaired) electrons. The van der Waals surface area contributed by atoms with Gasteiger partial charge in [-0.1, -0.05) is 11.6 Å². The third-order valence-electron chi connectivity index (χ3n) is 4.33. The van der Waals surface area contributed by atoms with Gasteiger partial charge in [-0.05, 0) is 36.4 Å². The maximum absolute atomic E-state index is 12.6. The number of carbonyl (C=O) groups is 1. The molecule has 1 amide bonds. The van der Waals surface area contributed by atoms with Gasteiger partial charge in [0.1, 0.15) is 0 Å². The Kier molecular flexibility index (Phi) is 6.15. The smallest absolute Gasteiger partial charge is 0.336 e. The lowest BCUT2D eigenvalue weighted by molar-refractivity contribution is 0.0629. The summed E-state index contributed by atoms with van der Waals surface area (Å²) in [5, 5.41) is 0. The zero-order valence-corrected chi connectivity index (χ0v) is 16.5. The minimum absolute atomic E-state index is 0.241. The summed E-state index contributed by atoms with van der Waals surface area (Å²) in [6.07, 6.45) is 0. The number of benzene rings is 1. The first-order valence-electron chi connectivity index (χ1n) is 8.15. The average Bonchev–Trinajstić information content (AvgIpc) is 3.06. The zero-order valence-electron chi connectivity index (χ0n) is 14.1. The number of alkyl halides is 2. The van der Waals surface area contributed by atoms with Gasteiger partial charge in [-0.2, -0.15) is 8.78 Å². The zero-order chi connectivity index (χ0) is 19.6.